The van der Waals surface area contributed by atoms with Crippen LogP contribution >= 0.6 is 0 Å². The molecule has 1 atom stereocenters. The van der Waals surface area contributed by atoms with Gasteiger partial charge in [0.15, 0.2) is 5.78 Å². The number of ketones is 1. The van der Waals surface area contributed by atoms with Crippen LogP contribution in [0.25, 0.3) is 5.70 Å². The van der Waals surface area contributed by atoms with Gasteiger partial charge < -0.3 is 0 Å². The lowest BCUT2D eigenvalue weighted by Gasteiger charge is -2.32. The lowest BCUT2D eigenvalue weighted by atomic mass is 9.92. The van der Waals surface area contributed by atoms with E-state index in [1.54, 1.807) is 35.5 Å². The lowest BCUT2D eigenvalue weighted by molar-refractivity contribution is -0.130. The minimum Gasteiger partial charge on any atom is -0.294 e. The molecule has 4 nitrogen and oxygen atoms in total. The molecule has 1 aromatic heterocycles. The maximum Gasteiger partial charge on any atom is 0.242 e. The van der Waals surface area contributed by atoms with Gasteiger partial charge >= 0.3 is 0 Å². The van der Waals surface area contributed by atoms with Gasteiger partial charge in [-0.3, -0.25) is 19.5 Å². The summed E-state index contributed by atoms with van der Waals surface area (Å²) in [6.45, 7) is 1.86. The van der Waals surface area contributed by atoms with E-state index in [-0.39, 0.29) is 11.7 Å². The first-order chi connectivity index (χ1) is 10.7. The van der Waals surface area contributed by atoms with Crippen molar-refractivity contribution in [3.05, 3.63) is 66.5 Å². The van der Waals surface area contributed by atoms with Gasteiger partial charge in [-0.25, -0.2) is 0 Å². The molecule has 22 heavy (non-hydrogen) atoms. The molecule has 0 aliphatic carbocycles. The summed E-state index contributed by atoms with van der Waals surface area (Å²) in [5, 5.41) is 0. The number of carbonyl (C=O) groups excluding carboxylic acids is 2. The number of anilines is 1. The molecule has 2 aromatic rings. The van der Waals surface area contributed by atoms with Gasteiger partial charge in [0.05, 0.1) is 5.70 Å². The Morgan fingerprint density at radius 2 is 1.73 bits per heavy atom. The number of benzene rings is 1. The molecule has 0 bridgehead atoms. The molecule has 1 aliphatic rings. The number of allylic oxidation sites excluding steroid dienone is 1. The van der Waals surface area contributed by atoms with Crippen LogP contribution in [0.1, 0.15) is 18.9 Å². The van der Waals surface area contributed by atoms with Gasteiger partial charge in [0.25, 0.3) is 0 Å². The Morgan fingerprint density at radius 3 is 2.36 bits per heavy atom. The minimum absolute atomic E-state index is 0.133. The van der Waals surface area contributed by atoms with Gasteiger partial charge in [-0.1, -0.05) is 25.1 Å². The molecule has 1 unspecified atom stereocenters. The van der Waals surface area contributed by atoms with Crippen LogP contribution in [0.3, 0.4) is 0 Å². The summed E-state index contributed by atoms with van der Waals surface area (Å²) in [5.41, 5.74) is 2.17. The monoisotopic (exact) mass is 292 g/mol. The molecule has 1 aromatic carbocycles. The zero-order valence-electron chi connectivity index (χ0n) is 12.3. The van der Waals surface area contributed by atoms with Crippen LogP contribution in [0.15, 0.2) is 60.9 Å². The maximum absolute atomic E-state index is 12.8. The van der Waals surface area contributed by atoms with Gasteiger partial charge in [-0.05, 0) is 30.7 Å². The van der Waals surface area contributed by atoms with Crippen LogP contribution in [0.5, 0.6) is 0 Å². The zero-order valence-corrected chi connectivity index (χ0v) is 12.3. The highest BCUT2D eigenvalue weighted by atomic mass is 16.2. The van der Waals surface area contributed by atoms with Gasteiger partial charge in [0.2, 0.25) is 5.91 Å². The Hall–Kier alpha value is -2.75. The second-order valence-corrected chi connectivity index (χ2v) is 5.14. The highest BCUT2D eigenvalue weighted by Gasteiger charge is 2.36. The number of aromatic nitrogens is 1. The van der Waals surface area contributed by atoms with E-state index in [1.807, 2.05) is 37.3 Å². The molecule has 3 rings (SSSR count). The van der Waals surface area contributed by atoms with Crippen molar-refractivity contribution in [3.8, 4) is 0 Å². The molecule has 0 fully saturated rings. The highest BCUT2D eigenvalue weighted by Crippen LogP contribution is 2.32. The van der Waals surface area contributed by atoms with Crippen molar-refractivity contribution in [2.24, 2.45) is 5.92 Å². The smallest absolute Gasteiger partial charge is 0.242 e. The van der Waals surface area contributed by atoms with E-state index in [4.69, 9.17) is 0 Å². The second-order valence-electron chi connectivity index (χ2n) is 5.14. The number of rotatable bonds is 3. The van der Waals surface area contributed by atoms with Crippen molar-refractivity contribution >= 4 is 23.1 Å². The van der Waals surface area contributed by atoms with E-state index in [1.165, 1.54) is 0 Å². The van der Waals surface area contributed by atoms with E-state index in [0.717, 1.165) is 11.3 Å². The van der Waals surface area contributed by atoms with Crippen LogP contribution in [-0.2, 0) is 9.59 Å². The fourth-order valence-corrected chi connectivity index (χ4v) is 2.65. The predicted molar refractivity (Wildman–Crippen MR) is 84.9 cm³/mol. The normalized spacial score (nSPS) is 18.3. The van der Waals surface area contributed by atoms with E-state index < -0.39 is 5.92 Å². The molecule has 4 heteroatoms. The summed E-state index contributed by atoms with van der Waals surface area (Å²) in [5.74, 6) is -0.912. The molecular weight excluding hydrogens is 276 g/mol. The van der Waals surface area contributed by atoms with E-state index in [2.05, 4.69) is 4.98 Å². The summed E-state index contributed by atoms with van der Waals surface area (Å²) in [4.78, 5) is 30.7. The Balaban J connectivity index is 2.15. The third-order valence-corrected chi connectivity index (χ3v) is 3.78. The average Bonchev–Trinajstić information content (AvgIpc) is 2.56. The number of pyridine rings is 1. The average molecular weight is 292 g/mol. The first kappa shape index (κ1) is 14.2. The highest BCUT2D eigenvalue weighted by molar-refractivity contribution is 6.23. The van der Waals surface area contributed by atoms with Crippen molar-refractivity contribution in [3.63, 3.8) is 0 Å². The number of hydrogen-bond donors (Lipinski definition) is 0. The van der Waals surface area contributed by atoms with Crippen molar-refractivity contribution in [2.45, 2.75) is 13.3 Å². The van der Waals surface area contributed by atoms with E-state index >= 15 is 0 Å². The summed E-state index contributed by atoms with van der Waals surface area (Å²) in [7, 11) is 0. The number of para-hydroxylation sites is 1. The Morgan fingerprint density at radius 1 is 1.05 bits per heavy atom. The molecule has 0 saturated heterocycles. The van der Waals surface area contributed by atoms with Gasteiger partial charge in [0, 0.05) is 29.7 Å². The zero-order chi connectivity index (χ0) is 15.5. The SMILES string of the molecule is CCC1C(=O)C=C(c2ccncc2)N(c2ccccc2)C1=O. The van der Waals surface area contributed by atoms with Crippen LogP contribution in [0.2, 0.25) is 0 Å². The summed E-state index contributed by atoms with van der Waals surface area (Å²) >= 11 is 0. The second kappa shape index (κ2) is 5.93. The van der Waals surface area contributed by atoms with E-state index in [0.29, 0.717) is 12.1 Å². The molecule has 1 aliphatic heterocycles. The first-order valence-corrected chi connectivity index (χ1v) is 7.27. The van der Waals surface area contributed by atoms with Gasteiger partial charge in [0.1, 0.15) is 5.92 Å². The fraction of sp³-hybridized carbons (Fsp3) is 0.167. The predicted octanol–water partition coefficient (Wildman–Crippen LogP) is 3.06. The minimum atomic E-state index is -0.606. The van der Waals surface area contributed by atoms with Gasteiger partial charge in [-0.15, -0.1) is 0 Å². The number of nitrogens with zero attached hydrogens (tertiary/aromatic N) is 2. The standard InChI is InChI=1S/C18H16N2O2/c1-2-15-17(21)12-16(13-8-10-19-11-9-13)20(18(15)22)14-6-4-3-5-7-14/h3-12,15H,2H2,1H3. The number of carbonyl (C=O) groups is 2. The first-order valence-electron chi connectivity index (χ1n) is 7.27. The third kappa shape index (κ3) is 2.44. The van der Waals surface area contributed by atoms with E-state index in [9.17, 15) is 9.59 Å². The molecular formula is C18H16N2O2. The largest absolute Gasteiger partial charge is 0.294 e. The lowest BCUT2D eigenvalue weighted by Crippen LogP contribution is -2.42. The van der Waals surface area contributed by atoms with Crippen molar-refractivity contribution in [2.75, 3.05) is 4.90 Å². The van der Waals surface area contributed by atoms with Gasteiger partial charge in [-0.2, -0.15) is 0 Å². The Bertz CT molecular complexity index is 723. The topological polar surface area (TPSA) is 50.3 Å². The quantitative estimate of drug-likeness (QED) is 0.817. The molecule has 0 spiro atoms. The van der Waals surface area contributed by atoms with Crippen LogP contribution in [-0.4, -0.2) is 16.7 Å². The summed E-state index contributed by atoms with van der Waals surface area (Å²) < 4.78 is 0. The van der Waals surface area contributed by atoms with Crippen molar-refractivity contribution < 1.29 is 9.59 Å². The van der Waals surface area contributed by atoms with Crippen molar-refractivity contribution in [1.82, 2.24) is 4.98 Å². The van der Waals surface area contributed by atoms with Crippen LogP contribution in [0, 0.1) is 5.92 Å². The summed E-state index contributed by atoms with van der Waals surface area (Å²) in [6, 6.07) is 13.0. The van der Waals surface area contributed by atoms with Crippen LogP contribution in [0.4, 0.5) is 5.69 Å². The molecule has 110 valence electrons. The number of amides is 1. The maximum atomic E-state index is 12.8. The Kier molecular flexibility index (Phi) is 3.83. The molecule has 1 amide bonds. The molecule has 2 heterocycles. The molecule has 0 N–H and O–H groups in total. The van der Waals surface area contributed by atoms with Crippen LogP contribution < -0.4 is 4.90 Å². The van der Waals surface area contributed by atoms with Crippen molar-refractivity contribution in [1.29, 1.82) is 0 Å². The summed E-state index contributed by atoms with van der Waals surface area (Å²) in [6.07, 6.45) is 5.37. The molecule has 0 radical (unpaired) electrons. The Labute approximate surface area is 129 Å². The third-order valence-electron chi connectivity index (χ3n) is 3.78. The number of hydrogen-bond acceptors (Lipinski definition) is 3. The molecule has 0 saturated carbocycles. The fourth-order valence-electron chi connectivity index (χ4n) is 2.65.